The quantitative estimate of drug-likeness (QED) is 0.475. The van der Waals surface area contributed by atoms with Crippen LogP contribution in [-0.2, 0) is 9.78 Å². The van der Waals surface area contributed by atoms with Crippen molar-refractivity contribution in [1.82, 2.24) is 0 Å². The van der Waals surface area contributed by atoms with Gasteiger partial charge in [-0.3, -0.25) is 0 Å². The minimum atomic E-state index is -0.874. The second kappa shape index (κ2) is 5.76. The molecule has 2 aliphatic rings. The number of fused-ring (bicyclic) bond motifs is 2. The molecule has 2 saturated carbocycles. The molecule has 0 unspecified atom stereocenters. The number of hydrogen-bond donors (Lipinski definition) is 1. The second-order valence-electron chi connectivity index (χ2n) is 9.32. The van der Waals surface area contributed by atoms with Crippen LogP contribution in [0.5, 0.6) is 0 Å². The maximum atomic E-state index is 11.1. The summed E-state index contributed by atoms with van der Waals surface area (Å²) < 4.78 is 0. The fourth-order valence-electron chi connectivity index (χ4n) is 3.89. The third kappa shape index (κ3) is 3.60. The highest BCUT2D eigenvalue weighted by molar-refractivity contribution is 5.27. The van der Waals surface area contributed by atoms with Gasteiger partial charge in [0.15, 0.2) is 5.60 Å². The molecule has 2 rings (SSSR count). The van der Waals surface area contributed by atoms with Gasteiger partial charge in [0.1, 0.15) is 5.60 Å². The molecule has 0 aromatic carbocycles. The van der Waals surface area contributed by atoms with Gasteiger partial charge in [0.05, 0.1) is 5.60 Å². The molecule has 2 aliphatic carbocycles. The number of hydrogen-bond acceptors (Lipinski definition) is 3. The first kappa shape index (κ1) is 18.8. The SMILES string of the molecule is CCC(C)(C)OOC(C)(C)C#C[C@@]1(O)C[C@H]2C[C@H]1[C@H](C)C2(C)C. The van der Waals surface area contributed by atoms with E-state index in [1.165, 1.54) is 0 Å². The van der Waals surface area contributed by atoms with Crippen LogP contribution >= 0.6 is 0 Å². The summed E-state index contributed by atoms with van der Waals surface area (Å²) >= 11 is 0. The lowest BCUT2D eigenvalue weighted by Crippen LogP contribution is -2.44. The van der Waals surface area contributed by atoms with Crippen molar-refractivity contribution < 1.29 is 14.9 Å². The molecule has 0 aromatic heterocycles. The summed E-state index contributed by atoms with van der Waals surface area (Å²) in [6.07, 6.45) is 2.72. The lowest BCUT2D eigenvalue weighted by Gasteiger charge is -2.42. The van der Waals surface area contributed by atoms with Crippen LogP contribution in [0.3, 0.4) is 0 Å². The lowest BCUT2D eigenvalue weighted by atomic mass is 9.64. The minimum Gasteiger partial charge on any atom is -0.377 e. The maximum Gasteiger partial charge on any atom is 0.158 e. The molecule has 1 N–H and O–H groups in total. The predicted octanol–water partition coefficient (Wildman–Crippen LogP) is 4.34. The van der Waals surface area contributed by atoms with E-state index in [0.717, 1.165) is 19.3 Å². The molecule has 132 valence electrons. The summed E-state index contributed by atoms with van der Waals surface area (Å²) in [4.78, 5) is 11.1. The summed E-state index contributed by atoms with van der Waals surface area (Å²) in [5.41, 5.74) is -1.64. The Morgan fingerprint density at radius 3 is 2.26 bits per heavy atom. The minimum absolute atomic E-state index is 0.263. The molecule has 23 heavy (non-hydrogen) atoms. The molecule has 0 radical (unpaired) electrons. The Hall–Kier alpha value is -0.560. The van der Waals surface area contributed by atoms with Crippen LogP contribution in [0.2, 0.25) is 0 Å². The zero-order valence-corrected chi connectivity index (χ0v) is 16.1. The average molecular weight is 322 g/mol. The van der Waals surface area contributed by atoms with Crippen molar-refractivity contribution in [2.45, 2.75) is 91.5 Å². The molecule has 4 atom stereocenters. The van der Waals surface area contributed by atoms with Crippen molar-refractivity contribution in [1.29, 1.82) is 0 Å². The first-order valence-electron chi connectivity index (χ1n) is 8.96. The van der Waals surface area contributed by atoms with E-state index in [1.807, 2.05) is 27.7 Å². The zero-order valence-electron chi connectivity index (χ0n) is 16.1. The van der Waals surface area contributed by atoms with Crippen molar-refractivity contribution in [3.63, 3.8) is 0 Å². The molecule has 0 amide bonds. The van der Waals surface area contributed by atoms with Gasteiger partial charge in [-0.15, -0.1) is 0 Å². The predicted molar refractivity (Wildman–Crippen MR) is 92.5 cm³/mol. The van der Waals surface area contributed by atoms with E-state index in [4.69, 9.17) is 9.78 Å². The normalized spacial score (nSPS) is 36.0. The van der Waals surface area contributed by atoms with Crippen LogP contribution in [0.1, 0.15) is 74.7 Å². The Bertz CT molecular complexity index is 505. The van der Waals surface area contributed by atoms with E-state index in [2.05, 4.69) is 39.5 Å². The largest absolute Gasteiger partial charge is 0.377 e. The van der Waals surface area contributed by atoms with Crippen LogP contribution in [-0.4, -0.2) is 21.9 Å². The monoisotopic (exact) mass is 322 g/mol. The molecule has 2 fully saturated rings. The molecule has 0 aromatic rings. The van der Waals surface area contributed by atoms with Crippen LogP contribution in [0.4, 0.5) is 0 Å². The van der Waals surface area contributed by atoms with Crippen molar-refractivity contribution >= 4 is 0 Å². The standard InChI is InChI=1S/C20H34O3/c1-9-17(3,4)22-23-18(5,6)10-11-20(21)13-15-12-16(20)14(2)19(15,7)8/h14-16,21H,9,12-13H2,1-8H3/t14-,15+,16-,20+/m0/s1. The highest BCUT2D eigenvalue weighted by Crippen LogP contribution is 2.62. The zero-order chi connectivity index (χ0) is 17.7. The topological polar surface area (TPSA) is 38.7 Å². The summed E-state index contributed by atoms with van der Waals surface area (Å²) in [7, 11) is 0. The smallest absolute Gasteiger partial charge is 0.158 e. The van der Waals surface area contributed by atoms with Gasteiger partial charge >= 0.3 is 0 Å². The van der Waals surface area contributed by atoms with E-state index in [1.54, 1.807) is 0 Å². The molecule has 3 heteroatoms. The Kier molecular flexibility index (Phi) is 4.70. The summed E-state index contributed by atoms with van der Waals surface area (Å²) in [6, 6.07) is 0. The van der Waals surface area contributed by atoms with Crippen molar-refractivity contribution in [2.24, 2.45) is 23.2 Å². The van der Waals surface area contributed by atoms with Crippen molar-refractivity contribution in [2.75, 3.05) is 0 Å². The van der Waals surface area contributed by atoms with Crippen LogP contribution in [0, 0.1) is 35.0 Å². The molecule has 0 saturated heterocycles. The Labute approximate surface area is 142 Å². The highest BCUT2D eigenvalue weighted by atomic mass is 17.2. The van der Waals surface area contributed by atoms with E-state index in [-0.39, 0.29) is 11.5 Å². The first-order chi connectivity index (χ1) is 10.3. The molecule has 0 aliphatic heterocycles. The van der Waals surface area contributed by atoms with Crippen molar-refractivity contribution in [3.05, 3.63) is 0 Å². The molecule has 0 heterocycles. The van der Waals surface area contributed by atoms with Crippen LogP contribution < -0.4 is 0 Å². The fraction of sp³-hybridized carbons (Fsp3) is 0.900. The second-order valence-corrected chi connectivity index (χ2v) is 9.32. The number of aliphatic hydroxyl groups is 1. The molecule has 3 nitrogen and oxygen atoms in total. The molecular formula is C20H34O3. The van der Waals surface area contributed by atoms with E-state index in [0.29, 0.717) is 17.3 Å². The van der Waals surface area contributed by atoms with E-state index in [9.17, 15) is 5.11 Å². The molecule has 0 spiro atoms. The van der Waals surface area contributed by atoms with Gasteiger partial charge in [-0.1, -0.05) is 39.5 Å². The third-order valence-corrected chi connectivity index (χ3v) is 6.45. The van der Waals surface area contributed by atoms with Gasteiger partial charge in [-0.2, -0.15) is 0 Å². The van der Waals surface area contributed by atoms with Crippen LogP contribution in [0.25, 0.3) is 0 Å². The van der Waals surface area contributed by atoms with Gasteiger partial charge in [-0.25, -0.2) is 9.78 Å². The Balaban J connectivity index is 2.07. The van der Waals surface area contributed by atoms with E-state index >= 15 is 0 Å². The average Bonchev–Trinajstić information content (AvgIpc) is 2.91. The highest BCUT2D eigenvalue weighted by Gasteiger charge is 2.61. The van der Waals surface area contributed by atoms with Gasteiger partial charge in [-0.05, 0) is 64.2 Å². The Morgan fingerprint density at radius 2 is 1.78 bits per heavy atom. The van der Waals surface area contributed by atoms with Crippen molar-refractivity contribution in [3.8, 4) is 11.8 Å². The van der Waals surface area contributed by atoms with E-state index < -0.39 is 11.2 Å². The van der Waals surface area contributed by atoms with Gasteiger partial charge in [0.25, 0.3) is 0 Å². The van der Waals surface area contributed by atoms with Crippen LogP contribution in [0.15, 0.2) is 0 Å². The summed E-state index contributed by atoms with van der Waals surface area (Å²) in [5.74, 6) is 7.58. The first-order valence-corrected chi connectivity index (χ1v) is 8.96. The third-order valence-electron chi connectivity index (χ3n) is 6.45. The van der Waals surface area contributed by atoms with Gasteiger partial charge in [0, 0.05) is 5.92 Å². The Morgan fingerprint density at radius 1 is 1.17 bits per heavy atom. The summed E-state index contributed by atoms with van der Waals surface area (Å²) in [5, 5.41) is 11.1. The fourth-order valence-corrected chi connectivity index (χ4v) is 3.89. The molecule has 2 bridgehead atoms. The van der Waals surface area contributed by atoms with Gasteiger partial charge < -0.3 is 5.11 Å². The molecular weight excluding hydrogens is 288 g/mol. The lowest BCUT2D eigenvalue weighted by molar-refractivity contribution is -0.388. The number of rotatable bonds is 4. The van der Waals surface area contributed by atoms with Gasteiger partial charge in [0.2, 0.25) is 0 Å². The summed E-state index contributed by atoms with van der Waals surface area (Å²) in [6.45, 7) is 16.7. The maximum absolute atomic E-state index is 11.1.